The molecule has 0 aromatic carbocycles. The van der Waals surface area contributed by atoms with Crippen molar-refractivity contribution in [2.24, 2.45) is 5.73 Å². The second-order valence-electron chi connectivity index (χ2n) is 5.32. The molecule has 0 aromatic rings. The van der Waals surface area contributed by atoms with Gasteiger partial charge in [-0.15, -0.1) is 0 Å². The molecule has 0 aliphatic carbocycles. The summed E-state index contributed by atoms with van der Waals surface area (Å²) in [6.07, 6.45) is 7.35. The zero-order valence-electron chi connectivity index (χ0n) is 14.2. The molecule has 5 heteroatoms. The van der Waals surface area contributed by atoms with Crippen LogP contribution in [0, 0.1) is 0 Å². The molecular formula is C15H38N2O2Si. The molecule has 0 saturated heterocycles. The SMILES string of the molecule is CCCCCC[Si](OCC)(OCC)C(C)CCCN.N. The number of rotatable bonds is 13. The van der Waals surface area contributed by atoms with E-state index in [1.165, 1.54) is 25.7 Å². The molecule has 0 rings (SSSR count). The first-order valence-corrected chi connectivity index (χ1v) is 10.2. The van der Waals surface area contributed by atoms with Crippen molar-refractivity contribution in [1.29, 1.82) is 0 Å². The van der Waals surface area contributed by atoms with E-state index in [9.17, 15) is 0 Å². The predicted octanol–water partition coefficient (Wildman–Crippen LogP) is 4.37. The molecule has 0 fully saturated rings. The summed E-state index contributed by atoms with van der Waals surface area (Å²) >= 11 is 0. The lowest BCUT2D eigenvalue weighted by Gasteiger charge is -2.35. The summed E-state index contributed by atoms with van der Waals surface area (Å²) in [4.78, 5) is 0. The van der Waals surface area contributed by atoms with Crippen molar-refractivity contribution >= 4 is 8.56 Å². The highest BCUT2D eigenvalue weighted by atomic mass is 28.4. The van der Waals surface area contributed by atoms with Crippen LogP contribution in [-0.4, -0.2) is 28.3 Å². The Morgan fingerprint density at radius 3 is 2.00 bits per heavy atom. The van der Waals surface area contributed by atoms with E-state index < -0.39 is 8.56 Å². The molecule has 1 unspecified atom stereocenters. The Kier molecular flexibility index (Phi) is 15.7. The van der Waals surface area contributed by atoms with Gasteiger partial charge in [0.25, 0.3) is 0 Å². The van der Waals surface area contributed by atoms with Crippen LogP contribution in [0.15, 0.2) is 0 Å². The van der Waals surface area contributed by atoms with Crippen LogP contribution in [0.5, 0.6) is 0 Å². The van der Waals surface area contributed by atoms with Crippen LogP contribution in [0.3, 0.4) is 0 Å². The van der Waals surface area contributed by atoms with Gasteiger partial charge >= 0.3 is 8.56 Å². The van der Waals surface area contributed by atoms with Crippen LogP contribution >= 0.6 is 0 Å². The fourth-order valence-electron chi connectivity index (χ4n) is 2.65. The van der Waals surface area contributed by atoms with Gasteiger partial charge in [-0.05, 0) is 44.8 Å². The van der Waals surface area contributed by atoms with Gasteiger partial charge in [-0.25, -0.2) is 0 Å². The second kappa shape index (κ2) is 14.0. The fraction of sp³-hybridized carbons (Fsp3) is 1.00. The van der Waals surface area contributed by atoms with E-state index in [4.69, 9.17) is 14.6 Å². The monoisotopic (exact) mass is 306 g/mol. The van der Waals surface area contributed by atoms with E-state index in [-0.39, 0.29) is 6.15 Å². The van der Waals surface area contributed by atoms with E-state index in [2.05, 4.69) is 27.7 Å². The maximum Gasteiger partial charge on any atom is 0.341 e. The smallest absolute Gasteiger partial charge is 0.341 e. The molecule has 124 valence electrons. The van der Waals surface area contributed by atoms with Crippen LogP contribution in [0.4, 0.5) is 0 Å². The lowest BCUT2D eigenvalue weighted by atomic mass is 10.2. The molecule has 0 spiro atoms. The maximum atomic E-state index is 6.18. The van der Waals surface area contributed by atoms with Crippen molar-refractivity contribution in [3.63, 3.8) is 0 Å². The molecule has 0 saturated carbocycles. The summed E-state index contributed by atoms with van der Waals surface area (Å²) < 4.78 is 12.4. The molecule has 0 aliphatic heterocycles. The molecule has 0 bridgehead atoms. The van der Waals surface area contributed by atoms with Gasteiger partial charge in [-0.1, -0.05) is 39.5 Å². The number of hydrogen-bond acceptors (Lipinski definition) is 4. The Morgan fingerprint density at radius 1 is 0.950 bits per heavy atom. The van der Waals surface area contributed by atoms with Gasteiger partial charge in [0.2, 0.25) is 0 Å². The van der Waals surface area contributed by atoms with Crippen LogP contribution < -0.4 is 11.9 Å². The Hall–Kier alpha value is 0.0569. The molecule has 0 aliphatic rings. The summed E-state index contributed by atoms with van der Waals surface area (Å²) in [6, 6.07) is 1.14. The van der Waals surface area contributed by atoms with Crippen molar-refractivity contribution in [3.8, 4) is 0 Å². The third-order valence-electron chi connectivity index (χ3n) is 3.75. The van der Waals surface area contributed by atoms with Gasteiger partial charge in [0, 0.05) is 13.2 Å². The molecule has 0 amide bonds. The first-order chi connectivity index (χ1) is 9.16. The van der Waals surface area contributed by atoms with Gasteiger partial charge in [0.15, 0.2) is 0 Å². The third-order valence-corrected chi connectivity index (χ3v) is 8.14. The molecule has 20 heavy (non-hydrogen) atoms. The van der Waals surface area contributed by atoms with Crippen LogP contribution in [0.1, 0.15) is 66.2 Å². The molecule has 0 aromatic heterocycles. The largest absolute Gasteiger partial charge is 0.394 e. The van der Waals surface area contributed by atoms with Gasteiger partial charge in [-0.2, -0.15) is 0 Å². The quantitative estimate of drug-likeness (QED) is 0.391. The van der Waals surface area contributed by atoms with Crippen LogP contribution in [0.2, 0.25) is 11.6 Å². The van der Waals surface area contributed by atoms with Crippen molar-refractivity contribution in [2.75, 3.05) is 19.8 Å². The van der Waals surface area contributed by atoms with Gasteiger partial charge in [0.05, 0.1) is 0 Å². The Balaban J connectivity index is 0. The second-order valence-corrected chi connectivity index (χ2v) is 9.01. The fourth-order valence-corrected chi connectivity index (χ4v) is 6.45. The van der Waals surface area contributed by atoms with Gasteiger partial charge in [0.1, 0.15) is 0 Å². The zero-order valence-corrected chi connectivity index (χ0v) is 15.2. The summed E-state index contributed by atoms with van der Waals surface area (Å²) in [7, 11) is -2.04. The molecule has 0 radical (unpaired) electrons. The first-order valence-electron chi connectivity index (χ1n) is 8.14. The summed E-state index contributed by atoms with van der Waals surface area (Å²) in [5, 5.41) is 0. The minimum absolute atomic E-state index is 0. The summed E-state index contributed by atoms with van der Waals surface area (Å²) in [5.41, 5.74) is 6.18. The highest BCUT2D eigenvalue weighted by molar-refractivity contribution is 6.68. The van der Waals surface area contributed by atoms with Crippen molar-refractivity contribution in [3.05, 3.63) is 0 Å². The zero-order chi connectivity index (χ0) is 14.6. The van der Waals surface area contributed by atoms with E-state index in [0.717, 1.165) is 38.6 Å². The summed E-state index contributed by atoms with van der Waals surface area (Å²) in [6.45, 7) is 11.0. The maximum absolute atomic E-state index is 6.18. The molecule has 5 N–H and O–H groups in total. The molecular weight excluding hydrogens is 268 g/mol. The molecule has 1 atom stereocenters. The first kappa shape index (κ1) is 22.3. The van der Waals surface area contributed by atoms with Crippen LogP contribution in [0.25, 0.3) is 0 Å². The molecule has 4 nitrogen and oxygen atoms in total. The summed E-state index contributed by atoms with van der Waals surface area (Å²) in [5.74, 6) is 0. The van der Waals surface area contributed by atoms with Crippen LogP contribution in [-0.2, 0) is 8.85 Å². The van der Waals surface area contributed by atoms with E-state index in [0.29, 0.717) is 5.54 Å². The van der Waals surface area contributed by atoms with Gasteiger partial charge < -0.3 is 20.7 Å². The minimum Gasteiger partial charge on any atom is -0.394 e. The standard InChI is InChI=1S/C15H35NO2Si.H3N/c1-5-8-9-10-14-19(17-6-2,18-7-3)15(4)12-11-13-16;/h15H,5-14,16H2,1-4H3;1H3. The van der Waals surface area contributed by atoms with Crippen molar-refractivity contribution in [2.45, 2.75) is 77.8 Å². The Labute approximate surface area is 127 Å². The number of hydrogen-bond donors (Lipinski definition) is 2. The minimum atomic E-state index is -2.04. The van der Waals surface area contributed by atoms with Crippen molar-refractivity contribution in [1.82, 2.24) is 6.15 Å². The average Bonchev–Trinajstić information content (AvgIpc) is 2.41. The Bertz CT molecular complexity index is 200. The Morgan fingerprint density at radius 2 is 1.55 bits per heavy atom. The predicted molar refractivity (Wildman–Crippen MR) is 90.7 cm³/mol. The normalized spacial score (nSPS) is 13.1. The highest BCUT2D eigenvalue weighted by Gasteiger charge is 2.42. The molecule has 0 heterocycles. The van der Waals surface area contributed by atoms with E-state index in [1.807, 2.05) is 0 Å². The number of unbranched alkanes of at least 4 members (excludes halogenated alkanes) is 3. The van der Waals surface area contributed by atoms with Gasteiger partial charge in [-0.3, -0.25) is 0 Å². The van der Waals surface area contributed by atoms with E-state index >= 15 is 0 Å². The number of nitrogens with two attached hydrogens (primary N) is 1. The third kappa shape index (κ3) is 8.37. The van der Waals surface area contributed by atoms with E-state index in [1.54, 1.807) is 0 Å². The van der Waals surface area contributed by atoms with Crippen molar-refractivity contribution < 1.29 is 8.85 Å². The lowest BCUT2D eigenvalue weighted by molar-refractivity contribution is 0.170. The highest BCUT2D eigenvalue weighted by Crippen LogP contribution is 2.33. The average molecular weight is 307 g/mol. The topological polar surface area (TPSA) is 79.5 Å². The lowest BCUT2D eigenvalue weighted by Crippen LogP contribution is -2.46.